The van der Waals surface area contributed by atoms with E-state index in [2.05, 4.69) is 38.3 Å². The van der Waals surface area contributed by atoms with Crippen LogP contribution < -0.4 is 10.6 Å². The summed E-state index contributed by atoms with van der Waals surface area (Å²) in [5, 5.41) is 27.0. The summed E-state index contributed by atoms with van der Waals surface area (Å²) < 4.78 is 10.0. The number of alkyl carbamates (subject to hydrolysis) is 2. The van der Waals surface area contributed by atoms with Crippen molar-refractivity contribution in [1.29, 1.82) is 0 Å². The zero-order chi connectivity index (χ0) is 29.1. The number of ether oxygens (including phenoxy) is 2. The fourth-order valence-corrected chi connectivity index (χ4v) is 32.8. The number of nitrogens with one attached hydrogen (secondary N) is 2. The van der Waals surface area contributed by atoms with E-state index in [0.29, 0.717) is 24.2 Å². The zero-order valence-electron chi connectivity index (χ0n) is 22.1. The molecule has 0 aliphatic rings. The summed E-state index contributed by atoms with van der Waals surface area (Å²) in [4.78, 5) is 44.6. The van der Waals surface area contributed by atoms with Crippen LogP contribution in [0.3, 0.4) is 0 Å². The molecule has 39 heavy (non-hydrogen) atoms. The van der Waals surface area contributed by atoms with Gasteiger partial charge in [-0.2, -0.15) is 0 Å². The Morgan fingerprint density at radius 2 is 1.08 bits per heavy atom. The van der Waals surface area contributed by atoms with Gasteiger partial charge < -0.3 is 0 Å². The number of amides is 2. The van der Waals surface area contributed by atoms with E-state index < -0.39 is 43.6 Å². The van der Waals surface area contributed by atoms with Gasteiger partial charge in [0, 0.05) is 0 Å². The van der Waals surface area contributed by atoms with Gasteiger partial charge in [0.05, 0.1) is 0 Å². The molecule has 2 rings (SSSR count). The predicted molar refractivity (Wildman–Crippen MR) is 146 cm³/mol. The molecular formula is C24H30HgN4O8S2. The molecule has 2 N–H and O–H groups in total. The number of nitro benzene ring substituents is 2. The summed E-state index contributed by atoms with van der Waals surface area (Å²) in [6, 6.07) is 11.7. The molecular weight excluding hydrogens is 737 g/mol. The average Bonchev–Trinajstić information content (AvgIpc) is 2.88. The van der Waals surface area contributed by atoms with E-state index in [9.17, 15) is 29.8 Å². The number of carbonyl (C=O) groups is 2. The van der Waals surface area contributed by atoms with Gasteiger partial charge in [-0.3, -0.25) is 20.2 Å². The van der Waals surface area contributed by atoms with E-state index in [0.717, 1.165) is 0 Å². The first-order valence-corrected chi connectivity index (χ1v) is 27.3. The summed E-state index contributed by atoms with van der Waals surface area (Å²) in [7, 11) is 3.74. The van der Waals surface area contributed by atoms with Crippen LogP contribution in [0.15, 0.2) is 48.5 Å². The fraction of sp³-hybridized carbons (Fsp3) is 0.417. The SMILES string of the molecule is CC(C)(CNC(=O)OCc1ccc([N+](=O)[O-])cc1)[S][Hg][S]C(C)(C)CNC(=O)OCc1ccc([N+](=O)[O-])cc1. The van der Waals surface area contributed by atoms with Crippen molar-refractivity contribution in [2.24, 2.45) is 0 Å². The van der Waals surface area contributed by atoms with E-state index in [1.807, 2.05) is 16.5 Å². The van der Waals surface area contributed by atoms with E-state index in [4.69, 9.17) is 9.47 Å². The van der Waals surface area contributed by atoms with Crippen molar-refractivity contribution in [3.63, 3.8) is 0 Å². The summed E-state index contributed by atoms with van der Waals surface area (Å²) >= 11 is -1.51. The second-order valence-electron chi connectivity index (χ2n) is 9.63. The van der Waals surface area contributed by atoms with Crippen molar-refractivity contribution in [1.82, 2.24) is 10.6 Å². The predicted octanol–water partition coefficient (Wildman–Crippen LogP) is 5.59. The van der Waals surface area contributed by atoms with Crippen molar-refractivity contribution < 1.29 is 50.5 Å². The molecule has 0 saturated carbocycles. The van der Waals surface area contributed by atoms with Gasteiger partial charge in [0.15, 0.2) is 0 Å². The molecule has 0 bridgehead atoms. The number of nitro groups is 2. The molecule has 0 fully saturated rings. The quantitative estimate of drug-likeness (QED) is 0.141. The number of hydrogen-bond donors (Lipinski definition) is 2. The number of hydrogen-bond acceptors (Lipinski definition) is 10. The molecule has 2 amide bonds. The van der Waals surface area contributed by atoms with Gasteiger partial charge >= 0.3 is 224 Å². The summed E-state index contributed by atoms with van der Waals surface area (Å²) in [5.41, 5.74) is 1.27. The molecule has 0 atom stereocenters. The number of nitrogens with zero attached hydrogens (tertiary/aromatic N) is 2. The normalized spacial score (nSPS) is 11.2. The fourth-order valence-electron chi connectivity index (χ4n) is 2.85. The van der Waals surface area contributed by atoms with E-state index in [1.54, 1.807) is 24.3 Å². The molecule has 12 nitrogen and oxygen atoms in total. The van der Waals surface area contributed by atoms with Gasteiger partial charge in [0.25, 0.3) is 0 Å². The van der Waals surface area contributed by atoms with Crippen LogP contribution in [0.1, 0.15) is 38.8 Å². The molecule has 0 heterocycles. The molecule has 0 aliphatic heterocycles. The Labute approximate surface area is 243 Å². The first-order chi connectivity index (χ1) is 18.3. The first kappa shape index (κ1) is 32.6. The molecule has 2 aromatic carbocycles. The van der Waals surface area contributed by atoms with Crippen LogP contribution in [-0.4, -0.2) is 44.6 Å². The first-order valence-electron chi connectivity index (χ1n) is 11.8. The van der Waals surface area contributed by atoms with Gasteiger partial charge in [-0.05, 0) is 0 Å². The van der Waals surface area contributed by atoms with Crippen molar-refractivity contribution in [2.45, 2.75) is 50.4 Å². The third kappa shape index (κ3) is 12.9. The minimum atomic E-state index is -1.51. The van der Waals surface area contributed by atoms with Crippen LogP contribution in [0.5, 0.6) is 0 Å². The monoisotopic (exact) mass is 768 g/mol. The minimum absolute atomic E-state index is 0.0186. The zero-order valence-corrected chi connectivity index (χ0v) is 29.3. The third-order valence-corrected chi connectivity index (χ3v) is 34.5. The van der Waals surface area contributed by atoms with Crippen LogP contribution in [0.25, 0.3) is 0 Å². The Balaban J connectivity index is 1.64. The van der Waals surface area contributed by atoms with Crippen LogP contribution in [-0.2, 0) is 44.2 Å². The van der Waals surface area contributed by atoms with E-state index in [-0.39, 0.29) is 34.1 Å². The van der Waals surface area contributed by atoms with Gasteiger partial charge in [-0.25, -0.2) is 0 Å². The maximum atomic E-state index is 12.1. The van der Waals surface area contributed by atoms with Crippen LogP contribution in [0, 0.1) is 20.2 Å². The van der Waals surface area contributed by atoms with Crippen LogP contribution >= 0.6 is 16.5 Å². The topological polar surface area (TPSA) is 163 Å². The summed E-state index contributed by atoms with van der Waals surface area (Å²) in [6.07, 6.45) is -1.11. The molecule has 0 radical (unpaired) electrons. The third-order valence-electron chi connectivity index (χ3n) is 5.25. The van der Waals surface area contributed by atoms with Crippen molar-refractivity contribution >= 4 is 40.0 Å². The summed E-state index contributed by atoms with van der Waals surface area (Å²) in [6.45, 7) is 9.09. The Bertz CT molecular complexity index is 1060. The molecule has 0 saturated heterocycles. The Morgan fingerprint density at radius 1 is 0.744 bits per heavy atom. The molecule has 0 spiro atoms. The van der Waals surface area contributed by atoms with Gasteiger partial charge in [-0.15, -0.1) is 0 Å². The molecule has 15 heteroatoms. The molecule has 2 aromatic rings. The van der Waals surface area contributed by atoms with Crippen molar-refractivity contribution in [3.05, 3.63) is 79.9 Å². The standard InChI is InChI=1S/2C12H16N2O4S.Hg/c2*1-12(2,19)8-13-11(15)18-7-9-3-5-10(6-4-9)14(16)17;/h2*3-6,19H,7-8H2,1-2H3,(H,13,15);/q;;+2/p-2. The number of non-ortho nitro benzene ring substituents is 2. The maximum absolute atomic E-state index is 12.1. The second-order valence-corrected chi connectivity index (χ2v) is 28.3. The molecule has 0 aromatic heterocycles. The number of benzene rings is 2. The number of carbonyl (C=O) groups excluding carboxylic acids is 2. The van der Waals surface area contributed by atoms with Crippen LogP contribution in [0.4, 0.5) is 21.0 Å². The number of rotatable bonds is 14. The van der Waals surface area contributed by atoms with Gasteiger partial charge in [0.1, 0.15) is 0 Å². The van der Waals surface area contributed by atoms with E-state index in [1.165, 1.54) is 24.3 Å². The Hall–Kier alpha value is -2.58. The van der Waals surface area contributed by atoms with Gasteiger partial charge in [-0.1, -0.05) is 0 Å². The van der Waals surface area contributed by atoms with Crippen molar-refractivity contribution in [2.75, 3.05) is 13.1 Å². The molecule has 0 unspecified atom stereocenters. The van der Waals surface area contributed by atoms with Crippen molar-refractivity contribution in [3.8, 4) is 0 Å². The van der Waals surface area contributed by atoms with E-state index >= 15 is 0 Å². The average molecular weight is 767 g/mol. The van der Waals surface area contributed by atoms with Gasteiger partial charge in [0.2, 0.25) is 0 Å². The second kappa shape index (κ2) is 15.3. The Kier molecular flexibility index (Phi) is 12.8. The molecule has 0 aliphatic carbocycles. The molecule has 208 valence electrons. The Morgan fingerprint density at radius 3 is 1.38 bits per heavy atom. The summed E-state index contributed by atoms with van der Waals surface area (Å²) in [5.74, 6) is 0. The van der Waals surface area contributed by atoms with Crippen LogP contribution in [0.2, 0.25) is 0 Å².